The van der Waals surface area contributed by atoms with Crippen LogP contribution < -0.4 is 10.2 Å². The Hall–Kier alpha value is -3.96. The first-order chi connectivity index (χ1) is 18.6. The highest BCUT2D eigenvalue weighted by Crippen LogP contribution is 2.25. The van der Waals surface area contributed by atoms with Crippen molar-refractivity contribution in [1.29, 1.82) is 0 Å². The molecule has 0 aliphatic carbocycles. The van der Waals surface area contributed by atoms with Crippen LogP contribution in [-0.2, 0) is 26.9 Å². The summed E-state index contributed by atoms with van der Waals surface area (Å²) in [6.07, 6.45) is 2.88. The number of nitrogens with one attached hydrogen (secondary N) is 1. The number of amides is 1. The van der Waals surface area contributed by atoms with E-state index in [-0.39, 0.29) is 25.7 Å². The molecule has 1 fully saturated rings. The van der Waals surface area contributed by atoms with E-state index in [1.165, 1.54) is 18.4 Å². The van der Waals surface area contributed by atoms with Gasteiger partial charge in [-0.25, -0.2) is 22.8 Å². The number of carbonyl (C=O) groups excluding carboxylic acids is 1. The lowest BCUT2D eigenvalue weighted by Gasteiger charge is -2.32. The fourth-order valence-electron chi connectivity index (χ4n) is 4.43. The minimum absolute atomic E-state index is 0. The number of pyridine rings is 3. The zero-order chi connectivity index (χ0) is 27.6. The molecule has 0 unspecified atom stereocenters. The molecule has 1 aliphatic rings. The molecule has 1 saturated heterocycles. The van der Waals surface area contributed by atoms with Gasteiger partial charge >= 0.3 is 0 Å². The lowest BCUT2D eigenvalue weighted by molar-refractivity contribution is 0.0529. The SMILES string of the molecule is C[C@H]1CN(c2cc(F)cc(-c3ccc4cnc(CNC(=O)c5ccc(CS(C)(=O)=O)cc5)cc4n3)n2)CCO1.[HH]. The third-order valence-electron chi connectivity index (χ3n) is 6.31. The highest BCUT2D eigenvalue weighted by Gasteiger charge is 2.20. The second kappa shape index (κ2) is 11.0. The van der Waals surface area contributed by atoms with Crippen LogP contribution in [0.5, 0.6) is 0 Å². The van der Waals surface area contributed by atoms with Crippen LogP contribution in [0.1, 0.15) is 30.0 Å². The Balaban J connectivity index is 0.00000370. The summed E-state index contributed by atoms with van der Waals surface area (Å²) in [5.41, 5.74) is 3.23. The summed E-state index contributed by atoms with van der Waals surface area (Å²) >= 11 is 0. The number of rotatable bonds is 7. The first kappa shape index (κ1) is 26.6. The number of halogens is 1. The molecule has 0 bridgehead atoms. The van der Waals surface area contributed by atoms with E-state index in [2.05, 4.69) is 15.3 Å². The zero-order valence-electron chi connectivity index (χ0n) is 21.6. The first-order valence-corrected chi connectivity index (χ1v) is 14.5. The molecule has 1 aliphatic heterocycles. The number of fused-ring (bicyclic) bond motifs is 1. The van der Waals surface area contributed by atoms with Gasteiger partial charge in [0.2, 0.25) is 0 Å². The average molecular weight is 552 g/mol. The third-order valence-corrected chi connectivity index (χ3v) is 7.17. The van der Waals surface area contributed by atoms with Crippen molar-refractivity contribution < 1.29 is 23.8 Å². The Labute approximate surface area is 227 Å². The Kier molecular flexibility index (Phi) is 7.53. The van der Waals surface area contributed by atoms with Crippen molar-refractivity contribution in [2.24, 2.45) is 0 Å². The molecule has 5 rings (SSSR count). The van der Waals surface area contributed by atoms with E-state index < -0.39 is 15.7 Å². The summed E-state index contributed by atoms with van der Waals surface area (Å²) in [5, 5.41) is 3.62. The predicted molar refractivity (Wildman–Crippen MR) is 149 cm³/mol. The molecule has 9 nitrogen and oxygen atoms in total. The van der Waals surface area contributed by atoms with Gasteiger partial charge in [0, 0.05) is 50.1 Å². The highest BCUT2D eigenvalue weighted by molar-refractivity contribution is 7.89. The number of sulfone groups is 1. The lowest BCUT2D eigenvalue weighted by atomic mass is 10.1. The van der Waals surface area contributed by atoms with E-state index in [0.717, 1.165) is 5.39 Å². The first-order valence-electron chi connectivity index (χ1n) is 12.5. The standard InChI is InChI=1S/C28H28FN5O4S.H2/c1-18-16-34(9-10-38-18)27-12-22(29)11-26(33-27)24-8-7-21-14-30-23(13-25(21)32-24)15-31-28(35)20-5-3-19(4-6-20)17-39(2,36)37;/h3-8,11-14,18H,9-10,15-17H2,1-2H3,(H,31,35);1H/t18-;/m0./s1. The van der Waals surface area contributed by atoms with Crippen molar-refractivity contribution in [3.8, 4) is 11.4 Å². The van der Waals surface area contributed by atoms with Gasteiger partial charge in [0.1, 0.15) is 11.6 Å². The van der Waals surface area contributed by atoms with Crippen LogP contribution in [0, 0.1) is 5.82 Å². The number of ether oxygens (including phenoxy) is 1. The third kappa shape index (κ3) is 6.73. The van der Waals surface area contributed by atoms with Crippen LogP contribution in [0.3, 0.4) is 0 Å². The summed E-state index contributed by atoms with van der Waals surface area (Å²) < 4.78 is 43.1. The molecule has 11 heteroatoms. The van der Waals surface area contributed by atoms with Gasteiger partial charge in [0.15, 0.2) is 9.84 Å². The number of morpholine rings is 1. The molecule has 0 radical (unpaired) electrons. The van der Waals surface area contributed by atoms with Crippen molar-refractivity contribution in [3.63, 3.8) is 0 Å². The summed E-state index contributed by atoms with van der Waals surface area (Å²) in [6, 6.07) is 14.6. The van der Waals surface area contributed by atoms with Crippen molar-refractivity contribution in [2.45, 2.75) is 25.3 Å². The maximum absolute atomic E-state index is 14.6. The topological polar surface area (TPSA) is 114 Å². The molecule has 0 saturated carbocycles. The van der Waals surface area contributed by atoms with Gasteiger partial charge in [0.05, 0.1) is 47.6 Å². The molecule has 1 amide bonds. The average Bonchev–Trinajstić information content (AvgIpc) is 2.90. The van der Waals surface area contributed by atoms with Crippen LogP contribution in [0.25, 0.3) is 22.3 Å². The van der Waals surface area contributed by atoms with Crippen molar-refractivity contribution in [1.82, 2.24) is 20.3 Å². The Morgan fingerprint density at radius 2 is 1.92 bits per heavy atom. The number of nitrogens with zero attached hydrogens (tertiary/aromatic N) is 4. The quantitative estimate of drug-likeness (QED) is 0.369. The van der Waals surface area contributed by atoms with Crippen molar-refractivity contribution in [2.75, 3.05) is 30.9 Å². The smallest absolute Gasteiger partial charge is 0.251 e. The summed E-state index contributed by atoms with van der Waals surface area (Å²) in [7, 11) is -3.15. The lowest BCUT2D eigenvalue weighted by Crippen LogP contribution is -2.41. The molecule has 0 spiro atoms. The van der Waals surface area contributed by atoms with Gasteiger partial charge in [-0.3, -0.25) is 9.78 Å². The largest absolute Gasteiger partial charge is 0.375 e. The van der Waals surface area contributed by atoms with Crippen LogP contribution in [0.4, 0.5) is 10.2 Å². The Bertz CT molecular complexity index is 1640. The molecule has 1 aromatic carbocycles. The van der Waals surface area contributed by atoms with E-state index in [9.17, 15) is 17.6 Å². The number of carbonyl (C=O) groups is 1. The molecule has 1 N–H and O–H groups in total. The number of hydrogen-bond acceptors (Lipinski definition) is 8. The minimum Gasteiger partial charge on any atom is -0.375 e. The van der Waals surface area contributed by atoms with Crippen LogP contribution in [-0.4, -0.2) is 61.3 Å². The van der Waals surface area contributed by atoms with E-state index in [1.807, 2.05) is 17.9 Å². The monoisotopic (exact) mass is 551 g/mol. The number of anilines is 1. The van der Waals surface area contributed by atoms with E-state index in [1.54, 1.807) is 42.6 Å². The van der Waals surface area contributed by atoms with Crippen LogP contribution in [0.15, 0.2) is 60.8 Å². The maximum atomic E-state index is 14.6. The summed E-state index contributed by atoms with van der Waals surface area (Å²) in [5.74, 6) is -0.231. The molecule has 3 aromatic heterocycles. The van der Waals surface area contributed by atoms with Gasteiger partial charge in [-0.15, -0.1) is 0 Å². The summed E-state index contributed by atoms with van der Waals surface area (Å²) in [6.45, 7) is 3.97. The fourth-order valence-corrected chi connectivity index (χ4v) is 5.23. The minimum atomic E-state index is -3.15. The van der Waals surface area contributed by atoms with E-state index >= 15 is 0 Å². The van der Waals surface area contributed by atoms with Crippen molar-refractivity contribution in [3.05, 3.63) is 83.4 Å². The fraction of sp³-hybridized carbons (Fsp3) is 0.286. The zero-order valence-corrected chi connectivity index (χ0v) is 22.4. The summed E-state index contributed by atoms with van der Waals surface area (Å²) in [4.78, 5) is 28.4. The highest BCUT2D eigenvalue weighted by atomic mass is 32.2. The molecular formula is C28H30FN5O4S. The van der Waals surface area contributed by atoms with E-state index in [4.69, 9.17) is 9.72 Å². The molecule has 204 valence electrons. The van der Waals surface area contributed by atoms with E-state index in [0.29, 0.717) is 59.2 Å². The molecule has 4 aromatic rings. The van der Waals surface area contributed by atoms with Crippen molar-refractivity contribution >= 4 is 32.5 Å². The second-order valence-electron chi connectivity index (χ2n) is 9.67. The molecule has 1 atom stereocenters. The number of aromatic nitrogens is 3. The van der Waals surface area contributed by atoms with Crippen LogP contribution in [0.2, 0.25) is 0 Å². The second-order valence-corrected chi connectivity index (χ2v) is 11.8. The van der Waals surface area contributed by atoms with Gasteiger partial charge < -0.3 is 15.0 Å². The molecular weight excluding hydrogens is 521 g/mol. The van der Waals surface area contributed by atoms with Gasteiger partial charge in [-0.1, -0.05) is 12.1 Å². The maximum Gasteiger partial charge on any atom is 0.251 e. The molecule has 39 heavy (non-hydrogen) atoms. The van der Waals surface area contributed by atoms with Crippen LogP contribution >= 0.6 is 0 Å². The van der Waals surface area contributed by atoms with Gasteiger partial charge in [-0.05, 0) is 42.8 Å². The Morgan fingerprint density at radius 3 is 2.67 bits per heavy atom. The Morgan fingerprint density at radius 1 is 1.13 bits per heavy atom. The number of hydrogen-bond donors (Lipinski definition) is 1. The normalized spacial score (nSPS) is 15.9. The molecule has 4 heterocycles. The van der Waals surface area contributed by atoms with Gasteiger partial charge in [-0.2, -0.15) is 0 Å². The van der Waals surface area contributed by atoms with Gasteiger partial charge in [0.25, 0.3) is 5.91 Å². The predicted octanol–water partition coefficient (Wildman–Crippen LogP) is 3.78. The number of benzene rings is 1.